The number of piperidine rings is 1. The highest BCUT2D eigenvalue weighted by molar-refractivity contribution is 5.89. The number of hydrogen-bond donors (Lipinski definition) is 0. The van der Waals surface area contributed by atoms with Crippen molar-refractivity contribution in [3.8, 4) is 0 Å². The van der Waals surface area contributed by atoms with Crippen LogP contribution in [0.15, 0.2) is 22.8 Å². The van der Waals surface area contributed by atoms with Crippen molar-refractivity contribution in [3.63, 3.8) is 0 Å². The lowest BCUT2D eigenvalue weighted by Gasteiger charge is -2.41. The number of carbonyl (C=O) groups is 1. The molecule has 1 aromatic rings. The van der Waals surface area contributed by atoms with Crippen LogP contribution >= 0.6 is 0 Å². The third-order valence-electron chi connectivity index (χ3n) is 4.26. The first-order chi connectivity index (χ1) is 8.66. The Bertz CT molecular complexity index is 379. The summed E-state index contributed by atoms with van der Waals surface area (Å²) < 4.78 is 5.29. The summed E-state index contributed by atoms with van der Waals surface area (Å²) in [6.45, 7) is 6.29. The van der Waals surface area contributed by atoms with Gasteiger partial charge < -0.3 is 4.42 Å². The number of nitrogens with zero attached hydrogens (tertiary/aromatic N) is 1. The molecule has 1 fully saturated rings. The van der Waals surface area contributed by atoms with Crippen molar-refractivity contribution in [3.05, 3.63) is 24.2 Å². The third kappa shape index (κ3) is 2.66. The minimum atomic E-state index is -0.326. The van der Waals surface area contributed by atoms with Crippen molar-refractivity contribution >= 4 is 5.78 Å². The quantitative estimate of drug-likeness (QED) is 0.804. The molecular formula is C15H23NO2. The van der Waals surface area contributed by atoms with Crippen LogP contribution in [0.5, 0.6) is 0 Å². The number of rotatable bonds is 5. The van der Waals surface area contributed by atoms with Gasteiger partial charge in [-0.2, -0.15) is 0 Å². The van der Waals surface area contributed by atoms with Gasteiger partial charge in [-0.15, -0.1) is 0 Å². The maximum atomic E-state index is 12.6. The molecule has 1 aliphatic heterocycles. The van der Waals surface area contributed by atoms with Crippen LogP contribution in [-0.4, -0.2) is 29.3 Å². The molecule has 0 spiro atoms. The number of ketones is 1. The molecule has 0 aliphatic carbocycles. The first-order valence-electron chi connectivity index (χ1n) is 6.97. The number of likely N-dealkylation sites (tertiary alicyclic amines) is 1. The van der Waals surface area contributed by atoms with E-state index in [9.17, 15) is 4.79 Å². The maximum Gasteiger partial charge on any atom is 0.160 e. The molecule has 0 radical (unpaired) electrons. The molecule has 2 rings (SSSR count). The van der Waals surface area contributed by atoms with Gasteiger partial charge in [-0.1, -0.05) is 13.3 Å². The summed E-state index contributed by atoms with van der Waals surface area (Å²) >= 11 is 0. The van der Waals surface area contributed by atoms with Crippen LogP contribution in [0, 0.1) is 0 Å². The molecule has 1 unspecified atom stereocenters. The zero-order chi connectivity index (χ0) is 13.0. The third-order valence-corrected chi connectivity index (χ3v) is 4.26. The van der Waals surface area contributed by atoms with E-state index in [0.29, 0.717) is 6.42 Å². The summed E-state index contributed by atoms with van der Waals surface area (Å²) in [7, 11) is 0. The predicted molar refractivity (Wildman–Crippen MR) is 71.5 cm³/mol. The molecule has 1 atom stereocenters. The summed E-state index contributed by atoms with van der Waals surface area (Å²) in [5.41, 5.74) is -0.326. The van der Waals surface area contributed by atoms with Gasteiger partial charge in [0.15, 0.2) is 5.78 Å². The smallest absolute Gasteiger partial charge is 0.160 e. The lowest BCUT2D eigenvalue weighted by molar-refractivity contribution is -0.131. The first-order valence-corrected chi connectivity index (χ1v) is 6.97. The van der Waals surface area contributed by atoms with Crippen molar-refractivity contribution < 1.29 is 9.21 Å². The van der Waals surface area contributed by atoms with E-state index in [4.69, 9.17) is 4.42 Å². The second-order valence-electron chi connectivity index (χ2n) is 5.35. The fourth-order valence-electron chi connectivity index (χ4n) is 2.75. The van der Waals surface area contributed by atoms with Crippen LogP contribution in [0.2, 0.25) is 0 Å². The van der Waals surface area contributed by atoms with Gasteiger partial charge in [-0.3, -0.25) is 9.69 Å². The Morgan fingerprint density at radius 3 is 2.67 bits per heavy atom. The highest BCUT2D eigenvalue weighted by Gasteiger charge is 2.37. The summed E-state index contributed by atoms with van der Waals surface area (Å²) in [4.78, 5) is 14.9. The fourth-order valence-corrected chi connectivity index (χ4v) is 2.75. The molecule has 0 aromatic carbocycles. The van der Waals surface area contributed by atoms with Gasteiger partial charge in [0.1, 0.15) is 5.76 Å². The van der Waals surface area contributed by atoms with E-state index in [1.165, 1.54) is 19.3 Å². The van der Waals surface area contributed by atoms with Crippen molar-refractivity contribution in [2.75, 3.05) is 13.1 Å². The highest BCUT2D eigenvalue weighted by atomic mass is 16.3. The predicted octanol–water partition coefficient (Wildman–Crippen LogP) is 3.05. The van der Waals surface area contributed by atoms with Gasteiger partial charge in [-0.05, 0) is 51.4 Å². The van der Waals surface area contributed by atoms with E-state index < -0.39 is 0 Å². The van der Waals surface area contributed by atoms with E-state index >= 15 is 0 Å². The normalized spacial score (nSPS) is 20.6. The van der Waals surface area contributed by atoms with Gasteiger partial charge in [0, 0.05) is 0 Å². The molecule has 1 aromatic heterocycles. The molecule has 18 heavy (non-hydrogen) atoms. The Morgan fingerprint density at radius 1 is 1.39 bits per heavy atom. The van der Waals surface area contributed by atoms with E-state index in [2.05, 4.69) is 18.7 Å². The van der Waals surface area contributed by atoms with Gasteiger partial charge in [-0.25, -0.2) is 0 Å². The first kappa shape index (κ1) is 13.3. The molecule has 0 N–H and O–H groups in total. The highest BCUT2D eigenvalue weighted by Crippen LogP contribution is 2.26. The minimum absolute atomic E-state index is 0.279. The topological polar surface area (TPSA) is 33.5 Å². The Hall–Kier alpha value is -1.09. The molecule has 100 valence electrons. The molecule has 1 aliphatic rings. The number of hydrogen-bond acceptors (Lipinski definition) is 3. The molecular weight excluding hydrogens is 226 g/mol. The van der Waals surface area contributed by atoms with E-state index in [1.54, 1.807) is 6.26 Å². The lowest BCUT2D eigenvalue weighted by Crippen LogP contribution is -2.54. The largest absolute Gasteiger partial charge is 0.469 e. The number of furan rings is 1. The zero-order valence-corrected chi connectivity index (χ0v) is 11.4. The SMILES string of the molecule is CCC(C)(C(=O)Cc1ccco1)N1CCCCC1. The summed E-state index contributed by atoms with van der Waals surface area (Å²) in [6, 6.07) is 3.72. The Labute approximate surface area is 109 Å². The molecule has 3 heteroatoms. The molecule has 1 saturated heterocycles. The van der Waals surface area contributed by atoms with Crippen molar-refractivity contribution in [2.45, 2.75) is 51.5 Å². The fraction of sp³-hybridized carbons (Fsp3) is 0.667. The second kappa shape index (κ2) is 5.70. The number of Topliss-reactive ketones (excluding diaryl/α,β-unsaturated/α-hetero) is 1. The van der Waals surface area contributed by atoms with Crippen LogP contribution in [0.1, 0.15) is 45.3 Å². The number of carbonyl (C=O) groups excluding carboxylic acids is 1. The minimum Gasteiger partial charge on any atom is -0.469 e. The zero-order valence-electron chi connectivity index (χ0n) is 11.4. The molecule has 0 amide bonds. The monoisotopic (exact) mass is 249 g/mol. The molecule has 0 bridgehead atoms. The van der Waals surface area contributed by atoms with Crippen LogP contribution in [0.4, 0.5) is 0 Å². The summed E-state index contributed by atoms with van der Waals surface area (Å²) in [5.74, 6) is 1.05. The van der Waals surface area contributed by atoms with Gasteiger partial charge in [0.25, 0.3) is 0 Å². The molecule has 3 nitrogen and oxygen atoms in total. The average Bonchev–Trinajstić information content (AvgIpc) is 2.91. The van der Waals surface area contributed by atoms with E-state index in [0.717, 1.165) is 25.3 Å². The van der Waals surface area contributed by atoms with Crippen molar-refractivity contribution in [1.82, 2.24) is 4.90 Å². The van der Waals surface area contributed by atoms with Gasteiger partial charge in [0.2, 0.25) is 0 Å². The Morgan fingerprint density at radius 2 is 2.11 bits per heavy atom. The Balaban J connectivity index is 2.07. The van der Waals surface area contributed by atoms with Crippen molar-refractivity contribution in [2.24, 2.45) is 0 Å². The van der Waals surface area contributed by atoms with Crippen LogP contribution in [-0.2, 0) is 11.2 Å². The van der Waals surface area contributed by atoms with Gasteiger partial charge in [0.05, 0.1) is 18.2 Å². The average molecular weight is 249 g/mol. The van der Waals surface area contributed by atoms with Crippen LogP contribution in [0.25, 0.3) is 0 Å². The van der Waals surface area contributed by atoms with E-state index in [1.807, 2.05) is 12.1 Å². The molecule has 2 heterocycles. The maximum absolute atomic E-state index is 12.6. The van der Waals surface area contributed by atoms with Crippen LogP contribution in [0.3, 0.4) is 0 Å². The van der Waals surface area contributed by atoms with Crippen LogP contribution < -0.4 is 0 Å². The summed E-state index contributed by atoms with van der Waals surface area (Å²) in [6.07, 6.45) is 6.63. The lowest BCUT2D eigenvalue weighted by atomic mass is 9.87. The Kier molecular flexibility index (Phi) is 4.23. The molecule has 0 saturated carbocycles. The summed E-state index contributed by atoms with van der Waals surface area (Å²) in [5, 5.41) is 0. The second-order valence-corrected chi connectivity index (χ2v) is 5.35. The van der Waals surface area contributed by atoms with E-state index in [-0.39, 0.29) is 11.3 Å². The van der Waals surface area contributed by atoms with Crippen molar-refractivity contribution in [1.29, 1.82) is 0 Å². The van der Waals surface area contributed by atoms with Gasteiger partial charge >= 0.3 is 0 Å². The standard InChI is InChI=1S/C15H23NO2/c1-3-15(2,16-9-5-4-6-10-16)14(17)12-13-8-7-11-18-13/h7-8,11H,3-6,9-10,12H2,1-2H3.